The number of carbonyl (C=O) groups excluding carboxylic acids is 1. The summed E-state index contributed by atoms with van der Waals surface area (Å²) in [6.07, 6.45) is 4.47. The van der Waals surface area contributed by atoms with E-state index in [4.69, 9.17) is 9.57 Å². The molecule has 1 heterocycles. The first kappa shape index (κ1) is 12.6. The van der Waals surface area contributed by atoms with Crippen LogP contribution in [0.15, 0.2) is 30.3 Å². The normalized spacial score (nSPS) is 29.9. The summed E-state index contributed by atoms with van der Waals surface area (Å²) >= 11 is 0. The van der Waals surface area contributed by atoms with Crippen LogP contribution in [0.5, 0.6) is 0 Å². The Morgan fingerprint density at radius 3 is 2.84 bits per heavy atom. The van der Waals surface area contributed by atoms with E-state index in [1.807, 2.05) is 30.3 Å². The third-order valence-corrected chi connectivity index (χ3v) is 4.00. The van der Waals surface area contributed by atoms with Gasteiger partial charge in [-0.1, -0.05) is 36.8 Å². The molecule has 2 aliphatic rings. The standard InChI is InChI=1S/C15H19NO3/c17-15-14(12-8-4-5-9-13(12)19-15)16-18-10-11-6-2-1-3-7-11/h1-3,6-7,12-14,16H,4-5,8-10H2/t12-,13+,14-/m1/s1. The highest BCUT2D eigenvalue weighted by Crippen LogP contribution is 2.35. The van der Waals surface area contributed by atoms with Gasteiger partial charge in [0, 0.05) is 5.92 Å². The quantitative estimate of drug-likeness (QED) is 0.666. The van der Waals surface area contributed by atoms with Crippen LogP contribution in [-0.2, 0) is 21.0 Å². The Balaban J connectivity index is 1.53. The minimum Gasteiger partial charge on any atom is -0.461 e. The molecule has 0 aromatic heterocycles. The second-order valence-corrected chi connectivity index (χ2v) is 5.29. The molecule has 4 nitrogen and oxygen atoms in total. The van der Waals surface area contributed by atoms with E-state index in [9.17, 15) is 4.79 Å². The Morgan fingerprint density at radius 1 is 1.21 bits per heavy atom. The van der Waals surface area contributed by atoms with Crippen LogP contribution in [-0.4, -0.2) is 18.1 Å². The number of esters is 1. The molecule has 3 atom stereocenters. The van der Waals surface area contributed by atoms with Crippen molar-refractivity contribution >= 4 is 5.97 Å². The van der Waals surface area contributed by atoms with Crippen LogP contribution in [0.2, 0.25) is 0 Å². The molecule has 2 fully saturated rings. The van der Waals surface area contributed by atoms with Crippen molar-refractivity contribution in [2.45, 2.75) is 44.4 Å². The van der Waals surface area contributed by atoms with Crippen molar-refractivity contribution in [1.82, 2.24) is 5.48 Å². The first-order chi connectivity index (χ1) is 9.34. The van der Waals surface area contributed by atoms with Crippen molar-refractivity contribution < 1.29 is 14.4 Å². The smallest absolute Gasteiger partial charge is 0.326 e. The Bertz CT molecular complexity index is 434. The molecular formula is C15H19NO3. The Morgan fingerprint density at radius 2 is 2.00 bits per heavy atom. The first-order valence-corrected chi connectivity index (χ1v) is 6.96. The maximum atomic E-state index is 11.8. The third kappa shape index (κ3) is 2.80. The summed E-state index contributed by atoms with van der Waals surface area (Å²) in [7, 11) is 0. The molecule has 19 heavy (non-hydrogen) atoms. The van der Waals surface area contributed by atoms with Gasteiger partial charge in [-0.2, -0.15) is 5.48 Å². The summed E-state index contributed by atoms with van der Waals surface area (Å²) in [5.41, 5.74) is 3.99. The predicted molar refractivity (Wildman–Crippen MR) is 70.0 cm³/mol. The number of ether oxygens (including phenoxy) is 1. The van der Waals surface area contributed by atoms with E-state index in [1.165, 1.54) is 6.42 Å². The van der Waals surface area contributed by atoms with E-state index < -0.39 is 0 Å². The summed E-state index contributed by atoms with van der Waals surface area (Å²) in [4.78, 5) is 17.3. The fourth-order valence-electron chi connectivity index (χ4n) is 2.97. The molecule has 0 radical (unpaired) electrons. The number of rotatable bonds is 4. The van der Waals surface area contributed by atoms with Gasteiger partial charge in [0.25, 0.3) is 0 Å². The highest BCUT2D eigenvalue weighted by molar-refractivity contribution is 5.78. The molecule has 1 aromatic rings. The number of benzene rings is 1. The lowest BCUT2D eigenvalue weighted by Crippen LogP contribution is -2.40. The van der Waals surface area contributed by atoms with Gasteiger partial charge in [0.15, 0.2) is 0 Å². The molecule has 0 unspecified atom stereocenters. The van der Waals surface area contributed by atoms with Crippen molar-refractivity contribution in [1.29, 1.82) is 0 Å². The highest BCUT2D eigenvalue weighted by Gasteiger charge is 2.45. The van der Waals surface area contributed by atoms with Gasteiger partial charge >= 0.3 is 5.97 Å². The fourth-order valence-corrected chi connectivity index (χ4v) is 2.97. The number of carbonyl (C=O) groups is 1. The summed E-state index contributed by atoms with van der Waals surface area (Å²) < 4.78 is 5.40. The minimum absolute atomic E-state index is 0.0964. The van der Waals surface area contributed by atoms with Gasteiger partial charge in [-0.05, 0) is 24.8 Å². The Hall–Kier alpha value is -1.39. The van der Waals surface area contributed by atoms with Crippen molar-refractivity contribution in [2.75, 3.05) is 0 Å². The largest absolute Gasteiger partial charge is 0.461 e. The van der Waals surface area contributed by atoms with Crippen molar-refractivity contribution in [3.8, 4) is 0 Å². The van der Waals surface area contributed by atoms with Gasteiger partial charge in [0.05, 0.1) is 6.61 Å². The molecule has 1 saturated heterocycles. The average Bonchev–Trinajstić information content (AvgIpc) is 2.76. The van der Waals surface area contributed by atoms with Gasteiger partial charge in [-0.3, -0.25) is 9.63 Å². The zero-order valence-corrected chi connectivity index (χ0v) is 10.9. The minimum atomic E-state index is -0.297. The second-order valence-electron chi connectivity index (χ2n) is 5.29. The lowest BCUT2D eigenvalue weighted by molar-refractivity contribution is -0.146. The van der Waals surface area contributed by atoms with Crippen LogP contribution in [0, 0.1) is 5.92 Å². The SMILES string of the molecule is O=C1O[C@H]2CCCC[C@H]2[C@H]1NOCc1ccccc1. The van der Waals surface area contributed by atoms with E-state index in [2.05, 4.69) is 5.48 Å². The third-order valence-electron chi connectivity index (χ3n) is 4.00. The van der Waals surface area contributed by atoms with Gasteiger partial charge in [0.1, 0.15) is 12.1 Å². The number of nitrogens with one attached hydrogen (secondary N) is 1. The van der Waals surface area contributed by atoms with E-state index in [-0.39, 0.29) is 24.0 Å². The van der Waals surface area contributed by atoms with Gasteiger partial charge in [-0.25, -0.2) is 0 Å². The molecule has 1 aromatic carbocycles. The number of fused-ring (bicyclic) bond motifs is 1. The molecule has 1 aliphatic heterocycles. The molecule has 4 heteroatoms. The molecule has 0 amide bonds. The number of hydrogen-bond acceptors (Lipinski definition) is 4. The predicted octanol–water partition coefficient (Wildman–Crippen LogP) is 2.19. The van der Waals surface area contributed by atoms with Crippen LogP contribution in [0.3, 0.4) is 0 Å². The topological polar surface area (TPSA) is 47.6 Å². The Labute approximate surface area is 113 Å². The lowest BCUT2D eigenvalue weighted by Gasteiger charge is -2.25. The van der Waals surface area contributed by atoms with E-state index in [0.29, 0.717) is 6.61 Å². The highest BCUT2D eigenvalue weighted by atomic mass is 16.7. The molecule has 0 spiro atoms. The fraction of sp³-hybridized carbons (Fsp3) is 0.533. The van der Waals surface area contributed by atoms with E-state index in [1.54, 1.807) is 0 Å². The molecule has 1 aliphatic carbocycles. The molecule has 1 N–H and O–H groups in total. The Kier molecular flexibility index (Phi) is 3.80. The first-order valence-electron chi connectivity index (χ1n) is 6.96. The monoisotopic (exact) mass is 261 g/mol. The number of hydroxylamine groups is 1. The van der Waals surface area contributed by atoms with Gasteiger partial charge in [-0.15, -0.1) is 0 Å². The van der Waals surface area contributed by atoms with Crippen molar-refractivity contribution in [3.05, 3.63) is 35.9 Å². The van der Waals surface area contributed by atoms with Crippen LogP contribution in [0.25, 0.3) is 0 Å². The maximum absolute atomic E-state index is 11.8. The summed E-state index contributed by atoms with van der Waals surface area (Å²) in [6.45, 7) is 0.460. The summed E-state index contributed by atoms with van der Waals surface area (Å²) in [5, 5.41) is 0. The lowest BCUT2D eigenvalue weighted by atomic mass is 9.84. The average molecular weight is 261 g/mol. The van der Waals surface area contributed by atoms with Crippen LogP contribution in [0.4, 0.5) is 0 Å². The second kappa shape index (κ2) is 5.72. The van der Waals surface area contributed by atoms with Crippen molar-refractivity contribution in [2.24, 2.45) is 5.92 Å². The van der Waals surface area contributed by atoms with Gasteiger partial charge < -0.3 is 4.74 Å². The zero-order valence-electron chi connectivity index (χ0n) is 10.9. The van der Waals surface area contributed by atoms with Crippen LogP contribution in [0.1, 0.15) is 31.2 Å². The van der Waals surface area contributed by atoms with Crippen molar-refractivity contribution in [3.63, 3.8) is 0 Å². The van der Waals surface area contributed by atoms with E-state index >= 15 is 0 Å². The molecule has 0 bridgehead atoms. The zero-order chi connectivity index (χ0) is 13.1. The van der Waals surface area contributed by atoms with Crippen LogP contribution < -0.4 is 5.48 Å². The van der Waals surface area contributed by atoms with Gasteiger partial charge in [0.2, 0.25) is 0 Å². The molecule has 1 saturated carbocycles. The van der Waals surface area contributed by atoms with E-state index in [0.717, 1.165) is 24.8 Å². The molecule has 102 valence electrons. The summed E-state index contributed by atoms with van der Waals surface area (Å²) in [5.74, 6) is 0.113. The number of hydrogen-bond donors (Lipinski definition) is 1. The van der Waals surface area contributed by atoms with Crippen LogP contribution >= 0.6 is 0 Å². The maximum Gasteiger partial charge on any atom is 0.326 e. The summed E-state index contributed by atoms with van der Waals surface area (Å²) in [6, 6.07) is 9.61. The molecular weight excluding hydrogens is 242 g/mol. The molecule has 3 rings (SSSR count).